The van der Waals surface area contributed by atoms with Crippen LogP contribution in [0, 0.1) is 5.92 Å². The Balaban J connectivity index is 2.33. The number of nitrogens with one attached hydrogen (secondary N) is 1. The summed E-state index contributed by atoms with van der Waals surface area (Å²) in [4.78, 5) is 25.6. The van der Waals surface area contributed by atoms with Crippen molar-refractivity contribution in [1.82, 2.24) is 5.32 Å². The molecule has 1 aromatic rings. The summed E-state index contributed by atoms with van der Waals surface area (Å²) in [7, 11) is 0. The number of fused-ring (bicyclic) bond motifs is 1. The number of carbonyl (C=O) groups excluding carboxylic acids is 2. The van der Waals surface area contributed by atoms with Crippen LogP contribution in [0.4, 0.5) is 5.69 Å². The Labute approximate surface area is 107 Å². The first kappa shape index (κ1) is 12.6. The zero-order valence-electron chi connectivity index (χ0n) is 10.8. The first-order valence-electron chi connectivity index (χ1n) is 6.27. The molecular weight excluding hydrogens is 228 g/mol. The van der Waals surface area contributed by atoms with Crippen LogP contribution in [0.1, 0.15) is 30.6 Å². The number of para-hydroxylation sites is 1. The van der Waals surface area contributed by atoms with Crippen LogP contribution in [-0.4, -0.2) is 24.9 Å². The lowest BCUT2D eigenvalue weighted by Crippen LogP contribution is -2.37. The first-order valence-corrected chi connectivity index (χ1v) is 6.27. The molecule has 0 spiro atoms. The molecule has 4 heteroatoms. The van der Waals surface area contributed by atoms with Crippen molar-refractivity contribution < 1.29 is 9.59 Å². The SMILES string of the molecule is CC(C)CCN1C(=O)CNC(=O)c2ccccc21. The third kappa shape index (κ3) is 2.53. The minimum Gasteiger partial charge on any atom is -0.343 e. The van der Waals surface area contributed by atoms with Gasteiger partial charge in [-0.1, -0.05) is 26.0 Å². The van der Waals surface area contributed by atoms with Crippen molar-refractivity contribution >= 4 is 17.5 Å². The highest BCUT2D eigenvalue weighted by Crippen LogP contribution is 2.23. The van der Waals surface area contributed by atoms with Gasteiger partial charge in [0, 0.05) is 6.54 Å². The summed E-state index contributed by atoms with van der Waals surface area (Å²) in [6, 6.07) is 7.26. The predicted octanol–water partition coefficient (Wildman–Crippen LogP) is 1.81. The standard InChI is InChI=1S/C14H18N2O2/c1-10(2)7-8-16-12-6-4-3-5-11(12)14(18)15-9-13(16)17/h3-6,10H,7-9H2,1-2H3,(H,15,18). The second-order valence-electron chi connectivity index (χ2n) is 4.93. The van der Waals surface area contributed by atoms with Crippen molar-refractivity contribution in [3.8, 4) is 0 Å². The van der Waals surface area contributed by atoms with Crippen molar-refractivity contribution in [3.63, 3.8) is 0 Å². The summed E-state index contributed by atoms with van der Waals surface area (Å²) >= 11 is 0. The molecule has 0 aliphatic carbocycles. The Bertz CT molecular complexity index is 469. The van der Waals surface area contributed by atoms with Gasteiger partial charge in [-0.3, -0.25) is 9.59 Å². The first-order chi connectivity index (χ1) is 8.59. The van der Waals surface area contributed by atoms with Crippen molar-refractivity contribution in [3.05, 3.63) is 29.8 Å². The molecule has 18 heavy (non-hydrogen) atoms. The van der Waals surface area contributed by atoms with Gasteiger partial charge in [0.15, 0.2) is 0 Å². The Morgan fingerprint density at radius 2 is 2.00 bits per heavy atom. The predicted molar refractivity (Wildman–Crippen MR) is 70.6 cm³/mol. The number of benzene rings is 1. The number of rotatable bonds is 3. The van der Waals surface area contributed by atoms with Gasteiger partial charge in [0.1, 0.15) is 0 Å². The van der Waals surface area contributed by atoms with E-state index in [1.54, 1.807) is 11.0 Å². The molecule has 1 heterocycles. The molecule has 0 radical (unpaired) electrons. The second kappa shape index (κ2) is 5.21. The lowest BCUT2D eigenvalue weighted by atomic mass is 10.1. The van der Waals surface area contributed by atoms with Crippen LogP contribution in [0.5, 0.6) is 0 Å². The van der Waals surface area contributed by atoms with Gasteiger partial charge in [-0.25, -0.2) is 0 Å². The van der Waals surface area contributed by atoms with E-state index in [1.165, 1.54) is 0 Å². The van der Waals surface area contributed by atoms with E-state index >= 15 is 0 Å². The number of anilines is 1. The van der Waals surface area contributed by atoms with Gasteiger partial charge in [-0.15, -0.1) is 0 Å². The minimum absolute atomic E-state index is 0.0473. The summed E-state index contributed by atoms with van der Waals surface area (Å²) in [5.41, 5.74) is 1.30. The maximum absolute atomic E-state index is 12.0. The average Bonchev–Trinajstić information content (AvgIpc) is 2.47. The molecule has 0 aromatic heterocycles. The highest BCUT2D eigenvalue weighted by atomic mass is 16.2. The van der Waals surface area contributed by atoms with Gasteiger partial charge >= 0.3 is 0 Å². The molecule has 1 aliphatic heterocycles. The van der Waals surface area contributed by atoms with Crippen molar-refractivity contribution in [1.29, 1.82) is 0 Å². The number of amides is 2. The maximum atomic E-state index is 12.0. The Hall–Kier alpha value is -1.84. The molecule has 0 bridgehead atoms. The van der Waals surface area contributed by atoms with Crippen molar-refractivity contribution in [2.45, 2.75) is 20.3 Å². The van der Waals surface area contributed by atoms with Crippen molar-refractivity contribution in [2.24, 2.45) is 5.92 Å². The fraction of sp³-hybridized carbons (Fsp3) is 0.429. The van der Waals surface area contributed by atoms with Gasteiger partial charge in [0.25, 0.3) is 5.91 Å². The van der Waals surface area contributed by atoms with E-state index in [0.29, 0.717) is 18.0 Å². The Morgan fingerprint density at radius 3 is 2.72 bits per heavy atom. The fourth-order valence-corrected chi connectivity index (χ4v) is 2.01. The van der Waals surface area contributed by atoms with E-state index in [4.69, 9.17) is 0 Å². The van der Waals surface area contributed by atoms with Gasteiger partial charge in [0.05, 0.1) is 17.8 Å². The molecular formula is C14H18N2O2. The van der Waals surface area contributed by atoms with Crippen LogP contribution in [0.2, 0.25) is 0 Å². The largest absolute Gasteiger partial charge is 0.343 e. The topological polar surface area (TPSA) is 49.4 Å². The van der Waals surface area contributed by atoms with E-state index < -0.39 is 0 Å². The Kier molecular flexibility index (Phi) is 3.65. The zero-order chi connectivity index (χ0) is 13.1. The summed E-state index contributed by atoms with van der Waals surface area (Å²) in [5, 5.41) is 2.64. The molecule has 96 valence electrons. The molecule has 0 atom stereocenters. The van der Waals surface area contributed by atoms with E-state index in [1.807, 2.05) is 18.2 Å². The molecule has 0 saturated carbocycles. The summed E-state index contributed by atoms with van der Waals surface area (Å²) < 4.78 is 0. The smallest absolute Gasteiger partial charge is 0.253 e. The average molecular weight is 246 g/mol. The molecule has 1 aliphatic rings. The molecule has 1 aromatic carbocycles. The van der Waals surface area contributed by atoms with E-state index in [0.717, 1.165) is 12.1 Å². The highest BCUT2D eigenvalue weighted by Gasteiger charge is 2.25. The fourth-order valence-electron chi connectivity index (χ4n) is 2.01. The summed E-state index contributed by atoms with van der Waals surface area (Å²) in [6.45, 7) is 4.98. The van der Waals surface area contributed by atoms with Crippen LogP contribution in [-0.2, 0) is 4.79 Å². The molecule has 1 N–H and O–H groups in total. The maximum Gasteiger partial charge on any atom is 0.253 e. The van der Waals surface area contributed by atoms with Crippen LogP contribution in [0.3, 0.4) is 0 Å². The van der Waals surface area contributed by atoms with E-state index in [2.05, 4.69) is 19.2 Å². The normalized spacial score (nSPS) is 15.4. The van der Waals surface area contributed by atoms with Gasteiger partial charge in [-0.05, 0) is 24.5 Å². The number of hydrogen-bond acceptors (Lipinski definition) is 2. The van der Waals surface area contributed by atoms with E-state index in [9.17, 15) is 9.59 Å². The summed E-state index contributed by atoms with van der Waals surface area (Å²) in [5.74, 6) is 0.303. The van der Waals surface area contributed by atoms with Crippen molar-refractivity contribution in [2.75, 3.05) is 18.0 Å². The quantitative estimate of drug-likeness (QED) is 0.884. The molecule has 0 unspecified atom stereocenters. The molecule has 2 amide bonds. The minimum atomic E-state index is -0.175. The van der Waals surface area contributed by atoms with Gasteiger partial charge in [0.2, 0.25) is 5.91 Å². The number of carbonyl (C=O) groups is 2. The molecule has 2 rings (SSSR count). The van der Waals surface area contributed by atoms with Crippen LogP contribution < -0.4 is 10.2 Å². The van der Waals surface area contributed by atoms with Crippen LogP contribution in [0.15, 0.2) is 24.3 Å². The van der Waals surface area contributed by atoms with E-state index in [-0.39, 0.29) is 18.4 Å². The molecule has 0 fully saturated rings. The van der Waals surface area contributed by atoms with Crippen LogP contribution in [0.25, 0.3) is 0 Å². The molecule has 0 saturated heterocycles. The molecule has 4 nitrogen and oxygen atoms in total. The number of hydrogen-bond donors (Lipinski definition) is 1. The van der Waals surface area contributed by atoms with Gasteiger partial charge < -0.3 is 10.2 Å². The lowest BCUT2D eigenvalue weighted by molar-refractivity contribution is -0.117. The second-order valence-corrected chi connectivity index (χ2v) is 4.93. The number of nitrogens with zero attached hydrogens (tertiary/aromatic N) is 1. The van der Waals surface area contributed by atoms with Gasteiger partial charge in [-0.2, -0.15) is 0 Å². The zero-order valence-corrected chi connectivity index (χ0v) is 10.8. The summed E-state index contributed by atoms with van der Waals surface area (Å²) in [6.07, 6.45) is 0.925. The monoisotopic (exact) mass is 246 g/mol. The third-order valence-electron chi connectivity index (χ3n) is 3.07. The highest BCUT2D eigenvalue weighted by molar-refractivity contribution is 6.09. The lowest BCUT2D eigenvalue weighted by Gasteiger charge is -2.22. The Morgan fingerprint density at radius 1 is 1.28 bits per heavy atom. The van der Waals surface area contributed by atoms with Crippen LogP contribution >= 0.6 is 0 Å². The third-order valence-corrected chi connectivity index (χ3v) is 3.07.